The molecule has 0 aliphatic rings. The fourth-order valence-electron chi connectivity index (χ4n) is 8.17. The number of allylic oxidation sites excluding steroid dienone is 2. The maximum Gasteiger partial charge on any atom is 0.249 e. The van der Waals surface area contributed by atoms with Gasteiger partial charge in [0, 0.05) is 0 Å². The Morgan fingerprint density at radius 3 is 1.05 bits per heavy atom. The van der Waals surface area contributed by atoms with E-state index in [1.165, 1.54) is 212 Å². The van der Waals surface area contributed by atoms with Gasteiger partial charge >= 0.3 is 0 Å². The first kappa shape index (κ1) is 56.0. The van der Waals surface area contributed by atoms with Crippen LogP contribution < -0.4 is 5.32 Å². The highest BCUT2D eigenvalue weighted by atomic mass is 16.3. The van der Waals surface area contributed by atoms with Gasteiger partial charge in [0.25, 0.3) is 0 Å². The van der Waals surface area contributed by atoms with Crippen molar-refractivity contribution in [1.82, 2.24) is 5.32 Å². The summed E-state index contributed by atoms with van der Waals surface area (Å²) in [7, 11) is 0. The average molecular weight is 808 g/mol. The lowest BCUT2D eigenvalue weighted by Gasteiger charge is -2.27. The van der Waals surface area contributed by atoms with Crippen LogP contribution in [0.1, 0.15) is 277 Å². The molecule has 0 saturated carbocycles. The van der Waals surface area contributed by atoms with Crippen LogP contribution in [0.25, 0.3) is 0 Å². The van der Waals surface area contributed by atoms with E-state index in [4.69, 9.17) is 0 Å². The summed E-state index contributed by atoms with van der Waals surface area (Å²) < 4.78 is 0. The number of aliphatic hydroxyl groups excluding tert-OH is 4. The summed E-state index contributed by atoms with van der Waals surface area (Å²) in [5.74, 6) is -0.589. The Labute approximate surface area is 355 Å². The average Bonchev–Trinajstić information content (AvgIpc) is 3.22. The van der Waals surface area contributed by atoms with Gasteiger partial charge in [0.15, 0.2) is 0 Å². The Balaban J connectivity index is 3.59. The summed E-state index contributed by atoms with van der Waals surface area (Å²) in [6, 6.07) is -0.997. The SMILES string of the molecule is CCCCCCCCCC/C=C/CCCC(O)C(O)C(CO)NC(=O)C(O)CCCCCCCCCCCCCCCCCCCCCCCCCCCCCC. The zero-order chi connectivity index (χ0) is 41.7. The molecule has 6 heteroatoms. The Kier molecular flexibility index (Phi) is 45.4. The highest BCUT2D eigenvalue weighted by Gasteiger charge is 2.28. The van der Waals surface area contributed by atoms with E-state index in [2.05, 4.69) is 31.3 Å². The number of carbonyl (C=O) groups excluding carboxylic acids is 1. The molecule has 0 aromatic rings. The monoisotopic (exact) mass is 808 g/mol. The van der Waals surface area contributed by atoms with Gasteiger partial charge in [-0.25, -0.2) is 0 Å². The molecule has 0 heterocycles. The highest BCUT2D eigenvalue weighted by molar-refractivity contribution is 5.80. The van der Waals surface area contributed by atoms with E-state index in [0.717, 1.165) is 38.5 Å². The third kappa shape index (κ3) is 40.2. The lowest BCUT2D eigenvalue weighted by atomic mass is 10.00. The van der Waals surface area contributed by atoms with Gasteiger partial charge in [0.1, 0.15) is 12.2 Å². The molecule has 0 aliphatic heterocycles. The predicted molar refractivity (Wildman–Crippen MR) is 247 cm³/mol. The Morgan fingerprint density at radius 2 is 0.719 bits per heavy atom. The molecule has 0 fully saturated rings. The molecule has 4 atom stereocenters. The van der Waals surface area contributed by atoms with Crippen molar-refractivity contribution in [2.24, 2.45) is 0 Å². The molecular weight excluding hydrogens is 707 g/mol. The van der Waals surface area contributed by atoms with Crippen LogP contribution in [0, 0.1) is 0 Å². The molecule has 4 unspecified atom stereocenters. The molecule has 0 rings (SSSR count). The number of rotatable bonds is 47. The lowest BCUT2D eigenvalue weighted by Crippen LogP contribution is -2.53. The summed E-state index contributed by atoms with van der Waals surface area (Å²) in [6.07, 6.45) is 52.8. The minimum Gasteiger partial charge on any atom is -0.394 e. The van der Waals surface area contributed by atoms with Gasteiger partial charge in [-0.3, -0.25) is 4.79 Å². The molecule has 340 valence electrons. The standard InChI is InChI=1S/C51H101NO5/c1-3-5-7-9-11-13-15-17-18-19-20-21-22-23-24-25-26-27-28-29-30-31-33-35-37-39-41-43-45-49(55)51(57)52-47(46-53)50(56)48(54)44-42-40-38-36-34-32-16-14-12-10-8-6-4-2/h36,38,47-50,53-56H,3-35,37,39-46H2,1-2H3,(H,52,57)/b38-36+. The number of nitrogens with one attached hydrogen (secondary N) is 1. The van der Waals surface area contributed by atoms with Crippen LogP contribution in [0.4, 0.5) is 0 Å². The van der Waals surface area contributed by atoms with Crippen molar-refractivity contribution in [3.05, 3.63) is 12.2 Å². The smallest absolute Gasteiger partial charge is 0.249 e. The highest BCUT2D eigenvalue weighted by Crippen LogP contribution is 2.17. The third-order valence-corrected chi connectivity index (χ3v) is 12.2. The third-order valence-electron chi connectivity index (χ3n) is 12.2. The molecule has 0 aromatic carbocycles. The normalized spacial score (nSPS) is 14.0. The fraction of sp³-hybridized carbons (Fsp3) is 0.941. The van der Waals surface area contributed by atoms with E-state index in [9.17, 15) is 25.2 Å². The van der Waals surface area contributed by atoms with Crippen LogP contribution >= 0.6 is 0 Å². The van der Waals surface area contributed by atoms with Gasteiger partial charge in [-0.05, 0) is 38.5 Å². The second-order valence-electron chi connectivity index (χ2n) is 17.9. The summed E-state index contributed by atoms with van der Waals surface area (Å²) in [6.45, 7) is 4.05. The second-order valence-corrected chi connectivity index (χ2v) is 17.9. The maximum atomic E-state index is 12.5. The van der Waals surface area contributed by atoms with Gasteiger partial charge in [-0.1, -0.05) is 251 Å². The Hall–Kier alpha value is -0.950. The summed E-state index contributed by atoms with van der Waals surface area (Å²) in [5, 5.41) is 43.7. The van der Waals surface area contributed by atoms with Crippen LogP contribution in [0.2, 0.25) is 0 Å². The van der Waals surface area contributed by atoms with Crippen molar-refractivity contribution >= 4 is 5.91 Å². The van der Waals surface area contributed by atoms with Crippen LogP contribution in [0.3, 0.4) is 0 Å². The lowest BCUT2D eigenvalue weighted by molar-refractivity contribution is -0.132. The second kappa shape index (κ2) is 46.1. The van der Waals surface area contributed by atoms with E-state index in [1.54, 1.807) is 0 Å². The number of aliphatic hydroxyl groups is 4. The Morgan fingerprint density at radius 1 is 0.421 bits per heavy atom. The zero-order valence-corrected chi connectivity index (χ0v) is 38.4. The van der Waals surface area contributed by atoms with E-state index < -0.39 is 36.9 Å². The molecule has 5 N–H and O–H groups in total. The first-order valence-electron chi connectivity index (χ1n) is 25.6. The van der Waals surface area contributed by atoms with Gasteiger partial charge in [0.2, 0.25) is 5.91 Å². The maximum absolute atomic E-state index is 12.5. The minimum absolute atomic E-state index is 0.368. The molecule has 0 aromatic heterocycles. The number of hydrogen-bond donors (Lipinski definition) is 5. The van der Waals surface area contributed by atoms with Crippen molar-refractivity contribution in [2.75, 3.05) is 6.61 Å². The largest absolute Gasteiger partial charge is 0.394 e. The number of carbonyl (C=O) groups is 1. The van der Waals surface area contributed by atoms with E-state index in [-0.39, 0.29) is 0 Å². The van der Waals surface area contributed by atoms with Gasteiger partial charge in [0.05, 0.1) is 18.8 Å². The minimum atomic E-state index is -1.28. The number of unbranched alkanes of at least 4 members (excludes halogenated alkanes) is 36. The van der Waals surface area contributed by atoms with Crippen molar-refractivity contribution in [3.63, 3.8) is 0 Å². The zero-order valence-electron chi connectivity index (χ0n) is 38.4. The number of hydrogen-bond acceptors (Lipinski definition) is 5. The van der Waals surface area contributed by atoms with Crippen molar-refractivity contribution < 1.29 is 25.2 Å². The van der Waals surface area contributed by atoms with Crippen molar-refractivity contribution in [2.45, 2.75) is 301 Å². The fourth-order valence-corrected chi connectivity index (χ4v) is 8.17. The predicted octanol–water partition coefficient (Wildman–Crippen LogP) is 14.1. The molecule has 0 aliphatic carbocycles. The van der Waals surface area contributed by atoms with Crippen LogP contribution in [-0.4, -0.2) is 57.3 Å². The quantitative estimate of drug-likeness (QED) is 0.0311. The molecule has 6 nitrogen and oxygen atoms in total. The van der Waals surface area contributed by atoms with Gasteiger partial charge in [-0.15, -0.1) is 0 Å². The molecular formula is C51H101NO5. The summed E-state index contributed by atoms with van der Waals surface area (Å²) in [5.41, 5.74) is 0. The van der Waals surface area contributed by atoms with Crippen LogP contribution in [-0.2, 0) is 4.79 Å². The van der Waals surface area contributed by atoms with Crippen molar-refractivity contribution in [3.8, 4) is 0 Å². The van der Waals surface area contributed by atoms with E-state index in [1.807, 2.05) is 0 Å². The van der Waals surface area contributed by atoms with E-state index in [0.29, 0.717) is 12.8 Å². The molecule has 0 spiro atoms. The summed E-state index contributed by atoms with van der Waals surface area (Å²) >= 11 is 0. The van der Waals surface area contributed by atoms with Gasteiger partial charge in [-0.2, -0.15) is 0 Å². The topological polar surface area (TPSA) is 110 Å². The van der Waals surface area contributed by atoms with Gasteiger partial charge < -0.3 is 25.7 Å². The van der Waals surface area contributed by atoms with Crippen LogP contribution in [0.5, 0.6) is 0 Å². The van der Waals surface area contributed by atoms with E-state index >= 15 is 0 Å². The molecule has 57 heavy (non-hydrogen) atoms. The number of amides is 1. The van der Waals surface area contributed by atoms with Crippen molar-refractivity contribution in [1.29, 1.82) is 0 Å². The molecule has 1 amide bonds. The Bertz CT molecular complexity index is 821. The first-order chi connectivity index (χ1) is 28.0. The molecule has 0 saturated heterocycles. The molecule has 0 radical (unpaired) electrons. The van der Waals surface area contributed by atoms with Crippen LogP contribution in [0.15, 0.2) is 12.2 Å². The molecule has 0 bridgehead atoms. The summed E-state index contributed by atoms with van der Waals surface area (Å²) in [4.78, 5) is 12.5. The first-order valence-corrected chi connectivity index (χ1v) is 25.6.